The number of aliphatic hydroxyl groups is 1. The second-order valence-electron chi connectivity index (χ2n) is 8.28. The smallest absolute Gasteiger partial charge is 0.270 e. The number of benzene rings is 1. The summed E-state index contributed by atoms with van der Waals surface area (Å²) in [7, 11) is 0. The van der Waals surface area contributed by atoms with Crippen molar-refractivity contribution in [3.05, 3.63) is 69.3 Å². The van der Waals surface area contributed by atoms with E-state index in [1.54, 1.807) is 11.3 Å². The molecule has 33 heavy (non-hydrogen) atoms. The third kappa shape index (κ3) is 5.42. The van der Waals surface area contributed by atoms with Crippen molar-refractivity contribution in [1.82, 2.24) is 20.6 Å². The summed E-state index contributed by atoms with van der Waals surface area (Å²) in [5.74, 6) is -0.246. The van der Waals surface area contributed by atoms with Gasteiger partial charge in [0.2, 0.25) is 0 Å². The van der Waals surface area contributed by atoms with E-state index >= 15 is 0 Å². The van der Waals surface area contributed by atoms with Gasteiger partial charge in [-0.15, -0.1) is 23.7 Å². The van der Waals surface area contributed by atoms with E-state index in [-0.39, 0.29) is 31.0 Å². The van der Waals surface area contributed by atoms with E-state index in [1.807, 2.05) is 17.0 Å². The first-order chi connectivity index (χ1) is 15.7. The number of carbonyl (C=O) groups excluding carboxylic acids is 1. The van der Waals surface area contributed by atoms with Crippen LogP contribution in [0.15, 0.2) is 41.2 Å². The highest BCUT2D eigenvalue weighted by atomic mass is 35.5. The van der Waals surface area contributed by atoms with E-state index in [0.717, 1.165) is 41.9 Å². The number of hydrogen-bond acceptors (Lipinski definition) is 7. The largest absolute Gasteiger partial charge is 0.389 e. The van der Waals surface area contributed by atoms with Crippen molar-refractivity contribution >= 4 is 29.7 Å². The van der Waals surface area contributed by atoms with Gasteiger partial charge in [-0.3, -0.25) is 4.79 Å². The molecule has 1 saturated heterocycles. The molecule has 3 N–H and O–H groups in total. The lowest BCUT2D eigenvalue weighted by Gasteiger charge is -2.28. The van der Waals surface area contributed by atoms with Crippen LogP contribution in [0.2, 0.25) is 0 Å². The molecule has 2 aliphatic heterocycles. The number of fused-ring (bicyclic) bond motifs is 1. The number of halogens is 1. The molecule has 1 fully saturated rings. The maximum atomic E-state index is 13.0. The van der Waals surface area contributed by atoms with Crippen LogP contribution in [-0.4, -0.2) is 52.9 Å². The van der Waals surface area contributed by atoms with Crippen molar-refractivity contribution in [2.75, 3.05) is 19.8 Å². The van der Waals surface area contributed by atoms with Crippen molar-refractivity contribution < 1.29 is 14.6 Å². The molecule has 1 aromatic carbocycles. The number of amides is 1. The molecule has 2 aliphatic rings. The van der Waals surface area contributed by atoms with Gasteiger partial charge in [-0.05, 0) is 48.6 Å². The molecule has 0 spiro atoms. The molecule has 0 saturated carbocycles. The van der Waals surface area contributed by atoms with Gasteiger partial charge in [-0.1, -0.05) is 24.3 Å². The SMILES string of the molecule is Cl.O=C(N[C@@H]1CCOC[C@H]1O)c1cc(Cc2ccc(-c3cscn3)cc2)c2c(n1)CNCC2. The first kappa shape index (κ1) is 23.8. The fourth-order valence-corrected chi connectivity index (χ4v) is 4.89. The molecule has 174 valence electrons. The van der Waals surface area contributed by atoms with Crippen LogP contribution < -0.4 is 10.6 Å². The normalized spacial score (nSPS) is 19.9. The van der Waals surface area contributed by atoms with Gasteiger partial charge < -0.3 is 20.5 Å². The summed E-state index contributed by atoms with van der Waals surface area (Å²) in [6.07, 6.45) is 1.54. The molecule has 9 heteroatoms. The Bertz CT molecular complexity index is 1090. The van der Waals surface area contributed by atoms with E-state index in [1.165, 1.54) is 11.1 Å². The second kappa shape index (κ2) is 10.7. The summed E-state index contributed by atoms with van der Waals surface area (Å²) in [6, 6.07) is 10.1. The lowest BCUT2D eigenvalue weighted by Crippen LogP contribution is -2.49. The van der Waals surface area contributed by atoms with E-state index in [4.69, 9.17) is 4.74 Å². The van der Waals surface area contributed by atoms with Gasteiger partial charge in [-0.25, -0.2) is 9.97 Å². The Morgan fingerprint density at radius 3 is 2.91 bits per heavy atom. The Morgan fingerprint density at radius 1 is 1.30 bits per heavy atom. The third-order valence-corrected chi connectivity index (χ3v) is 6.69. The predicted molar refractivity (Wildman–Crippen MR) is 130 cm³/mol. The fourth-order valence-electron chi connectivity index (χ4n) is 4.33. The minimum absolute atomic E-state index is 0. The maximum absolute atomic E-state index is 13.0. The number of rotatable bonds is 5. The molecule has 5 rings (SSSR count). The first-order valence-electron chi connectivity index (χ1n) is 10.9. The van der Waals surface area contributed by atoms with Crippen molar-refractivity contribution in [1.29, 1.82) is 0 Å². The highest BCUT2D eigenvalue weighted by Crippen LogP contribution is 2.24. The third-order valence-electron chi connectivity index (χ3n) is 6.10. The summed E-state index contributed by atoms with van der Waals surface area (Å²) < 4.78 is 5.26. The molecule has 4 heterocycles. The molecular weight excluding hydrogens is 460 g/mol. The van der Waals surface area contributed by atoms with Crippen molar-refractivity contribution in [3.63, 3.8) is 0 Å². The zero-order valence-electron chi connectivity index (χ0n) is 18.1. The van der Waals surface area contributed by atoms with Gasteiger partial charge >= 0.3 is 0 Å². The highest BCUT2D eigenvalue weighted by Gasteiger charge is 2.27. The fraction of sp³-hybridized carbons (Fsp3) is 0.375. The minimum atomic E-state index is -0.692. The molecule has 0 bridgehead atoms. The number of aromatic nitrogens is 2. The summed E-state index contributed by atoms with van der Waals surface area (Å²) in [4.78, 5) is 22.0. The van der Waals surface area contributed by atoms with Gasteiger partial charge in [-0.2, -0.15) is 0 Å². The van der Waals surface area contributed by atoms with E-state index in [2.05, 4.69) is 44.9 Å². The number of nitrogens with one attached hydrogen (secondary N) is 2. The summed E-state index contributed by atoms with van der Waals surface area (Å²) in [5, 5.41) is 18.5. The number of nitrogens with zero attached hydrogens (tertiary/aromatic N) is 2. The van der Waals surface area contributed by atoms with Gasteiger partial charge in [0.05, 0.1) is 35.7 Å². The molecule has 2 atom stereocenters. The van der Waals surface area contributed by atoms with Crippen molar-refractivity contribution in [3.8, 4) is 11.3 Å². The van der Waals surface area contributed by atoms with Crippen LogP contribution >= 0.6 is 23.7 Å². The van der Waals surface area contributed by atoms with Crippen LogP contribution in [0.1, 0.15) is 39.3 Å². The predicted octanol–water partition coefficient (Wildman–Crippen LogP) is 2.74. The number of aliphatic hydroxyl groups excluding tert-OH is 1. The Kier molecular flexibility index (Phi) is 7.72. The Hall–Kier alpha value is -2.36. The van der Waals surface area contributed by atoms with Crippen molar-refractivity contribution in [2.45, 2.75) is 38.0 Å². The molecule has 1 amide bonds. The molecular formula is C24H27ClN4O3S. The number of thiazole rings is 1. The molecule has 0 radical (unpaired) electrons. The number of carbonyl (C=O) groups is 1. The van der Waals surface area contributed by atoms with Crippen LogP contribution in [-0.2, 0) is 24.1 Å². The van der Waals surface area contributed by atoms with Crippen LogP contribution in [0.3, 0.4) is 0 Å². The zero-order valence-corrected chi connectivity index (χ0v) is 19.8. The van der Waals surface area contributed by atoms with Crippen LogP contribution in [0.25, 0.3) is 11.3 Å². The molecule has 2 aromatic heterocycles. The van der Waals surface area contributed by atoms with Gasteiger partial charge in [0.1, 0.15) is 5.69 Å². The number of hydrogen-bond donors (Lipinski definition) is 3. The Morgan fingerprint density at radius 2 is 2.15 bits per heavy atom. The molecule has 3 aromatic rings. The monoisotopic (exact) mass is 486 g/mol. The lowest BCUT2D eigenvalue weighted by molar-refractivity contribution is -0.0261. The number of pyridine rings is 1. The topological polar surface area (TPSA) is 96.4 Å². The van der Waals surface area contributed by atoms with E-state index in [9.17, 15) is 9.90 Å². The molecule has 0 unspecified atom stereocenters. The number of ether oxygens (including phenoxy) is 1. The van der Waals surface area contributed by atoms with Gasteiger partial charge in [0.25, 0.3) is 5.91 Å². The first-order valence-corrected chi connectivity index (χ1v) is 11.9. The second-order valence-corrected chi connectivity index (χ2v) is 9.00. The van der Waals surface area contributed by atoms with Crippen LogP contribution in [0, 0.1) is 0 Å². The molecule has 0 aliphatic carbocycles. The average Bonchev–Trinajstić information content (AvgIpc) is 3.36. The summed E-state index contributed by atoms with van der Waals surface area (Å²) >= 11 is 1.59. The van der Waals surface area contributed by atoms with E-state index < -0.39 is 6.10 Å². The lowest BCUT2D eigenvalue weighted by atomic mass is 9.93. The Balaban J connectivity index is 0.00000259. The standard InChI is InChI=1S/C24H26N4O3S.ClH/c29-23-12-31-8-6-19(23)28-24(30)20-10-17(18-5-7-25-11-21(18)27-20)9-15-1-3-16(4-2-15)22-13-32-14-26-22;/h1-4,10,13-14,19,23,25,29H,5-9,11-12H2,(H,28,30);1H/t19-,23-;/m1./s1. The minimum Gasteiger partial charge on any atom is -0.389 e. The van der Waals surface area contributed by atoms with Crippen LogP contribution in [0.5, 0.6) is 0 Å². The maximum Gasteiger partial charge on any atom is 0.270 e. The highest BCUT2D eigenvalue weighted by molar-refractivity contribution is 7.07. The van der Waals surface area contributed by atoms with Crippen molar-refractivity contribution in [2.24, 2.45) is 0 Å². The summed E-state index contributed by atoms with van der Waals surface area (Å²) in [6.45, 7) is 2.34. The average molecular weight is 487 g/mol. The quantitative estimate of drug-likeness (QED) is 0.513. The molecule has 7 nitrogen and oxygen atoms in total. The van der Waals surface area contributed by atoms with Gasteiger partial charge in [0, 0.05) is 24.1 Å². The zero-order chi connectivity index (χ0) is 21.9. The Labute approximate surface area is 203 Å². The summed E-state index contributed by atoms with van der Waals surface area (Å²) in [5.41, 5.74) is 8.82. The van der Waals surface area contributed by atoms with Gasteiger partial charge in [0.15, 0.2) is 0 Å². The van der Waals surface area contributed by atoms with E-state index in [0.29, 0.717) is 25.3 Å². The van der Waals surface area contributed by atoms with Crippen LogP contribution in [0.4, 0.5) is 0 Å².